The summed E-state index contributed by atoms with van der Waals surface area (Å²) >= 11 is 0. The SMILES string of the molecule is CC(=O)C(c1ccccn1)n1cccc1C=O.c1cc2cc-2c1. The number of hydrogen-bond donors (Lipinski definition) is 0. The van der Waals surface area contributed by atoms with Crippen molar-refractivity contribution in [1.29, 1.82) is 0 Å². The number of aldehydes is 1. The molecule has 4 rings (SSSR count). The molecule has 4 heteroatoms. The highest BCUT2D eigenvalue weighted by Crippen LogP contribution is 2.32. The predicted molar refractivity (Wildman–Crippen MR) is 88.3 cm³/mol. The van der Waals surface area contributed by atoms with E-state index in [1.807, 2.05) is 6.07 Å². The molecule has 2 aliphatic carbocycles. The van der Waals surface area contributed by atoms with Gasteiger partial charge in [-0.15, -0.1) is 0 Å². The van der Waals surface area contributed by atoms with E-state index in [0.717, 1.165) is 6.29 Å². The van der Waals surface area contributed by atoms with Crippen molar-refractivity contribution in [3.8, 4) is 11.1 Å². The summed E-state index contributed by atoms with van der Waals surface area (Å²) in [5.41, 5.74) is 3.96. The number of fused-ring (bicyclic) bond motifs is 1. The predicted octanol–water partition coefficient (Wildman–Crippen LogP) is 3.54. The summed E-state index contributed by atoms with van der Waals surface area (Å²) in [6, 6.07) is 16.7. The van der Waals surface area contributed by atoms with Crippen molar-refractivity contribution in [2.75, 3.05) is 0 Å². The molecule has 1 atom stereocenters. The van der Waals surface area contributed by atoms with Crippen LogP contribution in [0.4, 0.5) is 0 Å². The number of Topliss-reactive ketones (excluding diaryl/α,β-unsaturated/α-hetero) is 1. The van der Waals surface area contributed by atoms with Crippen LogP contribution in [0.25, 0.3) is 11.1 Å². The van der Waals surface area contributed by atoms with Crippen LogP contribution in [0.5, 0.6) is 0 Å². The number of rotatable bonds is 4. The summed E-state index contributed by atoms with van der Waals surface area (Å²) in [6.45, 7) is 1.49. The zero-order chi connectivity index (χ0) is 16.2. The van der Waals surface area contributed by atoms with Crippen LogP contribution in [-0.4, -0.2) is 21.6 Å². The molecule has 1 unspecified atom stereocenters. The molecule has 2 aromatic heterocycles. The van der Waals surface area contributed by atoms with Crippen molar-refractivity contribution >= 4 is 12.1 Å². The van der Waals surface area contributed by atoms with Gasteiger partial charge in [0.1, 0.15) is 6.04 Å². The first kappa shape index (κ1) is 14.9. The number of nitrogens with zero attached hydrogens (tertiary/aromatic N) is 2. The summed E-state index contributed by atoms with van der Waals surface area (Å²) in [6.07, 6.45) is 4.08. The molecular formula is C19H16N2O2. The van der Waals surface area contributed by atoms with Crippen LogP contribution in [0.2, 0.25) is 0 Å². The maximum atomic E-state index is 11.7. The van der Waals surface area contributed by atoms with Crippen LogP contribution in [0.15, 0.2) is 67.0 Å². The second-order valence-corrected chi connectivity index (χ2v) is 5.31. The van der Waals surface area contributed by atoms with Crippen molar-refractivity contribution in [3.63, 3.8) is 0 Å². The van der Waals surface area contributed by atoms with Crippen molar-refractivity contribution in [1.82, 2.24) is 9.55 Å². The molecular weight excluding hydrogens is 288 g/mol. The van der Waals surface area contributed by atoms with Crippen LogP contribution in [0, 0.1) is 0 Å². The van der Waals surface area contributed by atoms with E-state index >= 15 is 0 Å². The number of carbonyl (C=O) groups excluding carboxylic acids is 2. The minimum atomic E-state index is -0.536. The Bertz CT molecular complexity index is 820. The van der Waals surface area contributed by atoms with Gasteiger partial charge in [0.05, 0.1) is 11.4 Å². The van der Waals surface area contributed by atoms with E-state index in [2.05, 4.69) is 29.2 Å². The smallest absolute Gasteiger partial charge is 0.166 e. The maximum absolute atomic E-state index is 11.7. The molecule has 0 radical (unpaired) electrons. The Hall–Kier alpha value is -3.01. The van der Waals surface area contributed by atoms with Crippen LogP contribution in [-0.2, 0) is 4.79 Å². The van der Waals surface area contributed by atoms with E-state index < -0.39 is 6.04 Å². The maximum Gasteiger partial charge on any atom is 0.166 e. The minimum absolute atomic E-state index is 0.0528. The summed E-state index contributed by atoms with van der Waals surface area (Å²) < 4.78 is 1.64. The van der Waals surface area contributed by atoms with E-state index in [9.17, 15) is 9.59 Å². The van der Waals surface area contributed by atoms with Gasteiger partial charge in [0.25, 0.3) is 0 Å². The van der Waals surface area contributed by atoms with Crippen LogP contribution in [0.1, 0.15) is 29.1 Å². The van der Waals surface area contributed by atoms with E-state index in [-0.39, 0.29) is 5.78 Å². The number of hydrogen-bond acceptors (Lipinski definition) is 3. The molecule has 2 aliphatic rings. The van der Waals surface area contributed by atoms with Gasteiger partial charge in [0, 0.05) is 12.4 Å². The minimum Gasteiger partial charge on any atom is -0.329 e. The second-order valence-electron chi connectivity index (χ2n) is 5.31. The number of carbonyl (C=O) groups is 2. The van der Waals surface area contributed by atoms with Gasteiger partial charge < -0.3 is 4.57 Å². The van der Waals surface area contributed by atoms with Crippen LogP contribution in [0.3, 0.4) is 0 Å². The average molecular weight is 304 g/mol. The lowest BCUT2D eigenvalue weighted by atomic mass is 10.1. The highest BCUT2D eigenvalue weighted by molar-refractivity contribution is 5.84. The van der Waals surface area contributed by atoms with Crippen molar-refractivity contribution in [2.24, 2.45) is 0 Å². The molecule has 0 N–H and O–H groups in total. The first-order valence-electron chi connectivity index (χ1n) is 7.34. The van der Waals surface area contributed by atoms with Crippen molar-refractivity contribution in [3.05, 3.63) is 78.4 Å². The Kier molecular flexibility index (Phi) is 4.15. The van der Waals surface area contributed by atoms with Gasteiger partial charge >= 0.3 is 0 Å². The third-order valence-corrected chi connectivity index (χ3v) is 3.68. The van der Waals surface area contributed by atoms with Crippen LogP contribution < -0.4 is 0 Å². The Morgan fingerprint density at radius 2 is 1.87 bits per heavy atom. The van der Waals surface area contributed by atoms with Gasteiger partial charge in [-0.2, -0.15) is 0 Å². The van der Waals surface area contributed by atoms with Gasteiger partial charge in [-0.25, -0.2) is 0 Å². The average Bonchev–Trinajstić information content (AvgIpc) is 2.97. The first-order valence-corrected chi connectivity index (χ1v) is 7.34. The number of aromatic nitrogens is 2. The third-order valence-electron chi connectivity index (χ3n) is 3.68. The molecule has 4 nitrogen and oxygen atoms in total. The zero-order valence-electron chi connectivity index (χ0n) is 12.7. The van der Waals surface area contributed by atoms with Gasteiger partial charge in [-0.1, -0.05) is 24.3 Å². The Balaban J connectivity index is 0.000000213. The molecule has 23 heavy (non-hydrogen) atoms. The lowest BCUT2D eigenvalue weighted by molar-refractivity contribution is -0.119. The molecule has 0 saturated heterocycles. The van der Waals surface area contributed by atoms with Crippen molar-refractivity contribution in [2.45, 2.75) is 13.0 Å². The van der Waals surface area contributed by atoms with E-state index in [4.69, 9.17) is 0 Å². The Morgan fingerprint density at radius 3 is 2.35 bits per heavy atom. The molecule has 2 heterocycles. The van der Waals surface area contributed by atoms with E-state index in [1.165, 1.54) is 18.1 Å². The van der Waals surface area contributed by atoms with E-state index in [1.54, 1.807) is 41.2 Å². The fourth-order valence-corrected chi connectivity index (χ4v) is 2.50. The normalized spacial score (nSPS) is 11.9. The first-order chi connectivity index (χ1) is 11.2. The van der Waals surface area contributed by atoms with Crippen LogP contribution >= 0.6 is 0 Å². The monoisotopic (exact) mass is 304 g/mol. The fourth-order valence-electron chi connectivity index (χ4n) is 2.50. The Morgan fingerprint density at radius 1 is 1.09 bits per heavy atom. The molecule has 114 valence electrons. The lowest BCUT2D eigenvalue weighted by Gasteiger charge is -2.16. The molecule has 0 amide bonds. The van der Waals surface area contributed by atoms with Gasteiger partial charge in [-0.3, -0.25) is 14.6 Å². The summed E-state index contributed by atoms with van der Waals surface area (Å²) in [5, 5.41) is 0. The second kappa shape index (κ2) is 6.40. The van der Waals surface area contributed by atoms with Gasteiger partial charge in [0.2, 0.25) is 0 Å². The third kappa shape index (κ3) is 3.26. The highest BCUT2D eigenvalue weighted by Gasteiger charge is 2.21. The lowest BCUT2D eigenvalue weighted by Crippen LogP contribution is -2.20. The topological polar surface area (TPSA) is 52.0 Å². The summed E-state index contributed by atoms with van der Waals surface area (Å²) in [7, 11) is 0. The molecule has 0 bridgehead atoms. The molecule has 0 spiro atoms. The standard InChI is InChI=1S/C13H12N2O2.C6H4/c1-10(17)13(12-6-2-3-7-14-12)15-8-4-5-11(15)9-16;1-2-5-4-6(5)3-1/h2-9,13H,1H3;1-4H. The van der Waals surface area contributed by atoms with Gasteiger partial charge in [0.15, 0.2) is 12.1 Å². The Labute approximate surface area is 134 Å². The quantitative estimate of drug-likeness (QED) is 0.542. The molecule has 0 fully saturated rings. The van der Waals surface area contributed by atoms with Crippen molar-refractivity contribution < 1.29 is 9.59 Å². The number of ketones is 1. The largest absolute Gasteiger partial charge is 0.329 e. The number of benzene rings is 1. The molecule has 2 aromatic rings. The van der Waals surface area contributed by atoms with E-state index in [0.29, 0.717) is 11.4 Å². The summed E-state index contributed by atoms with van der Waals surface area (Å²) in [5.74, 6) is -0.0528. The number of pyridine rings is 1. The van der Waals surface area contributed by atoms with Gasteiger partial charge in [-0.05, 0) is 48.4 Å². The zero-order valence-corrected chi connectivity index (χ0v) is 12.7. The molecule has 0 saturated carbocycles. The molecule has 0 aliphatic heterocycles. The summed E-state index contributed by atoms with van der Waals surface area (Å²) in [4.78, 5) is 26.8. The molecule has 0 aromatic carbocycles. The highest BCUT2D eigenvalue weighted by atomic mass is 16.1. The fraction of sp³-hybridized carbons (Fsp3) is 0.105.